The summed E-state index contributed by atoms with van der Waals surface area (Å²) >= 11 is 0. The fraction of sp³-hybridized carbons (Fsp3) is 0.300. The number of amides is 2. The van der Waals surface area contributed by atoms with Crippen molar-refractivity contribution in [3.8, 4) is 5.75 Å². The molecule has 2 aromatic rings. The molecular weight excluding hydrogens is 332 g/mol. The highest BCUT2D eigenvalue weighted by atomic mass is 16.5. The molecule has 3 rings (SSSR count). The molecule has 1 unspecified atom stereocenters. The topological polar surface area (TPSA) is 92.9 Å². The van der Waals surface area contributed by atoms with E-state index >= 15 is 0 Å². The van der Waals surface area contributed by atoms with E-state index in [1.54, 1.807) is 24.3 Å². The lowest BCUT2D eigenvalue weighted by Crippen LogP contribution is -2.31. The summed E-state index contributed by atoms with van der Waals surface area (Å²) in [5, 5.41) is 8.92. The Hall–Kier alpha value is -2.70. The Morgan fingerprint density at radius 3 is 2.19 bits per heavy atom. The minimum atomic E-state index is -0.243. The average molecular weight is 354 g/mol. The Morgan fingerprint density at radius 2 is 1.62 bits per heavy atom. The summed E-state index contributed by atoms with van der Waals surface area (Å²) < 4.78 is 5.67. The van der Waals surface area contributed by atoms with Crippen LogP contribution in [0.5, 0.6) is 5.75 Å². The zero-order valence-corrected chi connectivity index (χ0v) is 14.4. The molecular formula is C20H22N2O4. The van der Waals surface area contributed by atoms with Crippen molar-refractivity contribution < 1.29 is 19.4 Å². The molecule has 2 amide bonds. The number of nitrogens with zero attached hydrogens (tertiary/aromatic N) is 1. The van der Waals surface area contributed by atoms with Crippen molar-refractivity contribution in [1.82, 2.24) is 4.90 Å². The summed E-state index contributed by atoms with van der Waals surface area (Å²) in [7, 11) is 0. The molecule has 1 atom stereocenters. The first-order valence-corrected chi connectivity index (χ1v) is 8.66. The number of imide groups is 1. The lowest BCUT2D eigenvalue weighted by atomic mass is 10.1. The van der Waals surface area contributed by atoms with Crippen LogP contribution in [0.25, 0.3) is 0 Å². The van der Waals surface area contributed by atoms with Gasteiger partial charge in [0.2, 0.25) is 0 Å². The second kappa shape index (κ2) is 8.12. The molecule has 1 heterocycles. The number of carbonyl (C=O) groups is 2. The average Bonchev–Trinajstić information content (AvgIpc) is 2.91. The SMILES string of the molecule is NC(CCO)c1ccc(OCCCN2C(=O)c3ccccc3C2=O)cc1. The molecule has 0 saturated heterocycles. The molecule has 1 aliphatic heterocycles. The van der Waals surface area contributed by atoms with Crippen LogP contribution in [0, 0.1) is 0 Å². The highest BCUT2D eigenvalue weighted by Crippen LogP contribution is 2.23. The maximum Gasteiger partial charge on any atom is 0.261 e. The third-order valence-electron chi connectivity index (χ3n) is 4.42. The predicted octanol–water partition coefficient (Wildman–Crippen LogP) is 2.13. The lowest BCUT2D eigenvalue weighted by Gasteiger charge is -2.14. The summed E-state index contributed by atoms with van der Waals surface area (Å²) in [5.41, 5.74) is 7.81. The maximum atomic E-state index is 12.3. The van der Waals surface area contributed by atoms with Gasteiger partial charge in [0, 0.05) is 19.2 Å². The van der Waals surface area contributed by atoms with Crippen LogP contribution < -0.4 is 10.5 Å². The Balaban J connectivity index is 1.48. The molecule has 6 heteroatoms. The molecule has 0 aromatic heterocycles. The monoisotopic (exact) mass is 354 g/mol. The van der Waals surface area contributed by atoms with Crippen molar-refractivity contribution in [3.63, 3.8) is 0 Å². The largest absolute Gasteiger partial charge is 0.494 e. The highest BCUT2D eigenvalue weighted by molar-refractivity contribution is 6.21. The zero-order chi connectivity index (χ0) is 18.5. The van der Waals surface area contributed by atoms with E-state index in [1.165, 1.54) is 4.90 Å². The molecule has 1 aliphatic rings. The van der Waals surface area contributed by atoms with E-state index in [-0.39, 0.29) is 24.5 Å². The Labute approximate surface area is 152 Å². The van der Waals surface area contributed by atoms with Gasteiger partial charge in [-0.25, -0.2) is 0 Å². The van der Waals surface area contributed by atoms with E-state index in [0.29, 0.717) is 42.9 Å². The zero-order valence-electron chi connectivity index (χ0n) is 14.4. The molecule has 3 N–H and O–H groups in total. The van der Waals surface area contributed by atoms with Gasteiger partial charge in [-0.15, -0.1) is 0 Å². The number of ether oxygens (including phenoxy) is 1. The van der Waals surface area contributed by atoms with Crippen molar-refractivity contribution in [1.29, 1.82) is 0 Å². The van der Waals surface area contributed by atoms with Crippen LogP contribution in [-0.4, -0.2) is 41.6 Å². The number of rotatable bonds is 8. The van der Waals surface area contributed by atoms with Gasteiger partial charge in [-0.2, -0.15) is 0 Å². The standard InChI is InChI=1S/C20H22N2O4/c21-18(10-12-23)14-6-8-15(9-7-14)26-13-3-11-22-19(24)16-4-1-2-5-17(16)20(22)25/h1-2,4-9,18,23H,3,10-13,21H2. The summed E-state index contributed by atoms with van der Waals surface area (Å²) in [6.45, 7) is 0.776. The quantitative estimate of drug-likeness (QED) is 0.560. The Bertz CT molecular complexity index is 754. The van der Waals surface area contributed by atoms with Gasteiger partial charge in [-0.1, -0.05) is 24.3 Å². The summed E-state index contributed by atoms with van der Waals surface area (Å²) in [4.78, 5) is 25.8. The van der Waals surface area contributed by atoms with E-state index in [9.17, 15) is 9.59 Å². The normalized spacial score (nSPS) is 14.5. The molecule has 26 heavy (non-hydrogen) atoms. The lowest BCUT2D eigenvalue weighted by molar-refractivity contribution is 0.0646. The smallest absolute Gasteiger partial charge is 0.261 e. The van der Waals surface area contributed by atoms with Crippen LogP contribution >= 0.6 is 0 Å². The van der Waals surface area contributed by atoms with E-state index in [0.717, 1.165) is 5.56 Å². The minimum Gasteiger partial charge on any atom is -0.494 e. The van der Waals surface area contributed by atoms with E-state index in [1.807, 2.05) is 24.3 Å². The van der Waals surface area contributed by atoms with Crippen LogP contribution in [0.15, 0.2) is 48.5 Å². The molecule has 2 aromatic carbocycles. The van der Waals surface area contributed by atoms with Crippen molar-refractivity contribution >= 4 is 11.8 Å². The molecule has 0 spiro atoms. The van der Waals surface area contributed by atoms with Crippen molar-refractivity contribution in [2.75, 3.05) is 19.8 Å². The number of hydrogen-bond donors (Lipinski definition) is 2. The van der Waals surface area contributed by atoms with Gasteiger partial charge in [0.05, 0.1) is 17.7 Å². The number of fused-ring (bicyclic) bond motifs is 1. The van der Waals surface area contributed by atoms with Gasteiger partial charge >= 0.3 is 0 Å². The van der Waals surface area contributed by atoms with Crippen LogP contribution in [0.4, 0.5) is 0 Å². The van der Waals surface area contributed by atoms with Gasteiger partial charge in [0.25, 0.3) is 11.8 Å². The molecule has 136 valence electrons. The first-order chi connectivity index (χ1) is 12.6. The number of aliphatic hydroxyl groups excluding tert-OH is 1. The summed E-state index contributed by atoms with van der Waals surface area (Å²) in [6.07, 6.45) is 1.07. The predicted molar refractivity (Wildman–Crippen MR) is 97.0 cm³/mol. The summed E-state index contributed by atoms with van der Waals surface area (Å²) in [6, 6.07) is 14.1. The van der Waals surface area contributed by atoms with Crippen molar-refractivity contribution in [2.24, 2.45) is 5.73 Å². The number of aliphatic hydroxyl groups is 1. The fourth-order valence-corrected chi connectivity index (χ4v) is 2.97. The second-order valence-electron chi connectivity index (χ2n) is 6.20. The molecule has 6 nitrogen and oxygen atoms in total. The molecule has 0 aliphatic carbocycles. The highest BCUT2D eigenvalue weighted by Gasteiger charge is 2.34. The molecule has 0 fully saturated rings. The van der Waals surface area contributed by atoms with Crippen LogP contribution in [0.1, 0.15) is 45.2 Å². The number of carbonyl (C=O) groups excluding carboxylic acids is 2. The first-order valence-electron chi connectivity index (χ1n) is 8.66. The van der Waals surface area contributed by atoms with E-state index < -0.39 is 0 Å². The van der Waals surface area contributed by atoms with Crippen molar-refractivity contribution in [2.45, 2.75) is 18.9 Å². The van der Waals surface area contributed by atoms with Gasteiger partial charge in [-0.3, -0.25) is 14.5 Å². The second-order valence-corrected chi connectivity index (χ2v) is 6.20. The van der Waals surface area contributed by atoms with E-state index in [2.05, 4.69) is 0 Å². The third kappa shape index (κ3) is 3.76. The van der Waals surface area contributed by atoms with Crippen LogP contribution in [0.2, 0.25) is 0 Å². The van der Waals surface area contributed by atoms with Gasteiger partial charge < -0.3 is 15.6 Å². The van der Waals surface area contributed by atoms with Gasteiger partial charge in [0.1, 0.15) is 5.75 Å². The van der Waals surface area contributed by atoms with Gasteiger partial charge in [0.15, 0.2) is 0 Å². The van der Waals surface area contributed by atoms with Crippen molar-refractivity contribution in [3.05, 3.63) is 65.2 Å². The molecule has 0 radical (unpaired) electrons. The number of benzene rings is 2. The third-order valence-corrected chi connectivity index (χ3v) is 4.42. The van der Waals surface area contributed by atoms with Gasteiger partial charge in [-0.05, 0) is 42.7 Å². The Morgan fingerprint density at radius 1 is 1.00 bits per heavy atom. The number of hydrogen-bond acceptors (Lipinski definition) is 5. The van der Waals surface area contributed by atoms with E-state index in [4.69, 9.17) is 15.6 Å². The summed E-state index contributed by atoms with van der Waals surface area (Å²) in [5.74, 6) is 0.216. The van der Waals surface area contributed by atoms with Crippen LogP contribution in [-0.2, 0) is 0 Å². The minimum absolute atomic E-state index is 0.0528. The molecule has 0 saturated carbocycles. The Kier molecular flexibility index (Phi) is 5.65. The fourth-order valence-electron chi connectivity index (χ4n) is 2.97. The number of nitrogens with two attached hydrogens (primary N) is 1. The first kappa shape index (κ1) is 18.1. The molecule has 0 bridgehead atoms. The maximum absolute atomic E-state index is 12.3. The van der Waals surface area contributed by atoms with Crippen LogP contribution in [0.3, 0.4) is 0 Å².